The topological polar surface area (TPSA) is 26.8 Å². The van der Waals surface area contributed by atoms with E-state index in [0.717, 1.165) is 26.2 Å². The Labute approximate surface area is 150 Å². The predicted molar refractivity (Wildman–Crippen MR) is 103 cm³/mol. The van der Waals surface area contributed by atoms with Crippen LogP contribution < -0.4 is 4.90 Å². The quantitative estimate of drug-likeness (QED) is 0.839. The zero-order valence-electron chi connectivity index (χ0n) is 15.1. The summed E-state index contributed by atoms with van der Waals surface area (Å²) in [7, 11) is 2.02. The van der Waals surface area contributed by atoms with Crippen LogP contribution in [0.3, 0.4) is 0 Å². The van der Waals surface area contributed by atoms with E-state index in [-0.39, 0.29) is 11.9 Å². The highest BCUT2D eigenvalue weighted by Crippen LogP contribution is 2.19. The lowest BCUT2D eigenvalue weighted by Crippen LogP contribution is -2.51. The number of amides is 1. The maximum Gasteiger partial charge on any atom is 0.236 e. The monoisotopic (exact) mass is 337 g/mol. The average molecular weight is 337 g/mol. The first-order valence-corrected chi connectivity index (χ1v) is 8.98. The van der Waals surface area contributed by atoms with Gasteiger partial charge in [-0.3, -0.25) is 9.69 Å². The van der Waals surface area contributed by atoms with Gasteiger partial charge in [-0.05, 0) is 31.7 Å². The minimum atomic E-state index is 0.220. The summed E-state index contributed by atoms with van der Waals surface area (Å²) in [6, 6.07) is 21.0. The van der Waals surface area contributed by atoms with E-state index in [1.807, 2.05) is 36.2 Å². The number of likely N-dealkylation sites (N-methyl/N-ethyl adjacent to an activating group) is 1. The number of carbonyl (C=O) groups excluding carboxylic acids is 1. The van der Waals surface area contributed by atoms with Crippen LogP contribution in [0.5, 0.6) is 0 Å². The Morgan fingerprint density at radius 1 is 0.960 bits per heavy atom. The molecule has 25 heavy (non-hydrogen) atoms. The van der Waals surface area contributed by atoms with E-state index in [1.165, 1.54) is 11.3 Å². The third-order valence-electron chi connectivity index (χ3n) is 5.08. The molecule has 0 spiro atoms. The van der Waals surface area contributed by atoms with Crippen molar-refractivity contribution in [1.29, 1.82) is 0 Å². The van der Waals surface area contributed by atoms with Crippen LogP contribution in [0.2, 0.25) is 0 Å². The standard InChI is InChI=1S/C21H27N3O/c1-18(19-9-5-3-6-10-19)22(2)17-21(25)24-15-13-23(14-16-24)20-11-7-4-8-12-20/h3-12,18H,13-17H2,1-2H3/t18-/m1/s1. The largest absolute Gasteiger partial charge is 0.368 e. The van der Waals surface area contributed by atoms with Gasteiger partial charge in [-0.25, -0.2) is 0 Å². The van der Waals surface area contributed by atoms with Crippen molar-refractivity contribution in [3.63, 3.8) is 0 Å². The number of nitrogens with zero attached hydrogens (tertiary/aromatic N) is 3. The third kappa shape index (κ3) is 4.40. The van der Waals surface area contributed by atoms with Crippen LogP contribution in [0.25, 0.3) is 0 Å². The van der Waals surface area contributed by atoms with Crippen molar-refractivity contribution in [3.8, 4) is 0 Å². The van der Waals surface area contributed by atoms with E-state index in [9.17, 15) is 4.79 Å². The Hall–Kier alpha value is -2.33. The van der Waals surface area contributed by atoms with Crippen molar-refractivity contribution in [1.82, 2.24) is 9.80 Å². The molecule has 1 aliphatic rings. The lowest BCUT2D eigenvalue weighted by Gasteiger charge is -2.37. The number of carbonyl (C=O) groups is 1. The highest BCUT2D eigenvalue weighted by molar-refractivity contribution is 5.78. The molecule has 0 bridgehead atoms. The number of hydrogen-bond donors (Lipinski definition) is 0. The molecule has 1 fully saturated rings. The maximum absolute atomic E-state index is 12.7. The van der Waals surface area contributed by atoms with Crippen molar-refractivity contribution in [3.05, 3.63) is 66.2 Å². The number of benzene rings is 2. The Balaban J connectivity index is 1.51. The zero-order chi connectivity index (χ0) is 17.6. The molecule has 0 aromatic heterocycles. The Bertz CT molecular complexity index is 666. The molecule has 1 heterocycles. The predicted octanol–water partition coefficient (Wildman–Crippen LogP) is 3.03. The summed E-state index contributed by atoms with van der Waals surface area (Å²) in [6.45, 7) is 5.99. The third-order valence-corrected chi connectivity index (χ3v) is 5.08. The van der Waals surface area contributed by atoms with Crippen LogP contribution in [0.1, 0.15) is 18.5 Å². The zero-order valence-corrected chi connectivity index (χ0v) is 15.1. The second-order valence-corrected chi connectivity index (χ2v) is 6.71. The molecule has 1 atom stereocenters. The number of rotatable bonds is 5. The molecule has 0 aliphatic carbocycles. The average Bonchev–Trinajstić information content (AvgIpc) is 2.68. The summed E-state index contributed by atoms with van der Waals surface area (Å²) >= 11 is 0. The van der Waals surface area contributed by atoms with Gasteiger partial charge < -0.3 is 9.80 Å². The second kappa shape index (κ2) is 8.17. The Morgan fingerprint density at radius 3 is 2.12 bits per heavy atom. The van der Waals surface area contributed by atoms with Gasteiger partial charge in [0.1, 0.15) is 0 Å². The van der Waals surface area contributed by atoms with E-state index in [1.54, 1.807) is 0 Å². The van der Waals surface area contributed by atoms with Gasteiger partial charge in [0, 0.05) is 37.9 Å². The Kier molecular flexibility index (Phi) is 5.71. The van der Waals surface area contributed by atoms with E-state index in [4.69, 9.17) is 0 Å². The van der Waals surface area contributed by atoms with Crippen LogP contribution in [0, 0.1) is 0 Å². The van der Waals surface area contributed by atoms with Gasteiger partial charge in [0.2, 0.25) is 5.91 Å². The molecule has 0 N–H and O–H groups in total. The van der Waals surface area contributed by atoms with E-state index < -0.39 is 0 Å². The van der Waals surface area contributed by atoms with Crippen LogP contribution in [-0.4, -0.2) is 55.5 Å². The summed E-state index contributed by atoms with van der Waals surface area (Å²) in [6.07, 6.45) is 0. The lowest BCUT2D eigenvalue weighted by atomic mass is 10.1. The van der Waals surface area contributed by atoms with Crippen molar-refractivity contribution >= 4 is 11.6 Å². The van der Waals surface area contributed by atoms with Crippen LogP contribution in [0.4, 0.5) is 5.69 Å². The lowest BCUT2D eigenvalue weighted by molar-refractivity contribution is -0.132. The summed E-state index contributed by atoms with van der Waals surface area (Å²) in [5.74, 6) is 0.220. The minimum absolute atomic E-state index is 0.220. The molecule has 1 aliphatic heterocycles. The fraction of sp³-hybridized carbons (Fsp3) is 0.381. The maximum atomic E-state index is 12.7. The molecule has 0 saturated carbocycles. The molecule has 2 aromatic carbocycles. The van der Waals surface area contributed by atoms with E-state index >= 15 is 0 Å². The first-order chi connectivity index (χ1) is 12.1. The van der Waals surface area contributed by atoms with Crippen LogP contribution in [0.15, 0.2) is 60.7 Å². The second-order valence-electron chi connectivity index (χ2n) is 6.71. The fourth-order valence-electron chi connectivity index (χ4n) is 3.29. The number of para-hydroxylation sites is 1. The van der Waals surface area contributed by atoms with Gasteiger partial charge in [0.05, 0.1) is 6.54 Å². The minimum Gasteiger partial charge on any atom is -0.368 e. The summed E-state index contributed by atoms with van der Waals surface area (Å²) in [5.41, 5.74) is 2.48. The highest BCUT2D eigenvalue weighted by atomic mass is 16.2. The van der Waals surface area contributed by atoms with Gasteiger partial charge in [0.15, 0.2) is 0 Å². The van der Waals surface area contributed by atoms with E-state index in [2.05, 4.69) is 53.1 Å². The van der Waals surface area contributed by atoms with Gasteiger partial charge in [-0.15, -0.1) is 0 Å². The molecule has 132 valence electrons. The van der Waals surface area contributed by atoms with Crippen molar-refractivity contribution in [2.75, 3.05) is 44.7 Å². The molecular weight excluding hydrogens is 310 g/mol. The highest BCUT2D eigenvalue weighted by Gasteiger charge is 2.23. The molecule has 2 aromatic rings. The molecular formula is C21H27N3O. The van der Waals surface area contributed by atoms with Crippen molar-refractivity contribution < 1.29 is 4.79 Å². The van der Waals surface area contributed by atoms with Crippen LogP contribution in [-0.2, 0) is 4.79 Å². The smallest absolute Gasteiger partial charge is 0.236 e. The number of hydrogen-bond acceptors (Lipinski definition) is 3. The summed E-state index contributed by atoms with van der Waals surface area (Å²) < 4.78 is 0. The number of anilines is 1. The normalized spacial score (nSPS) is 16.1. The Morgan fingerprint density at radius 2 is 1.52 bits per heavy atom. The van der Waals surface area contributed by atoms with Crippen LogP contribution >= 0.6 is 0 Å². The van der Waals surface area contributed by atoms with Gasteiger partial charge in [-0.2, -0.15) is 0 Å². The first-order valence-electron chi connectivity index (χ1n) is 8.98. The molecule has 1 amide bonds. The summed E-state index contributed by atoms with van der Waals surface area (Å²) in [4.78, 5) is 19.1. The van der Waals surface area contributed by atoms with Crippen molar-refractivity contribution in [2.24, 2.45) is 0 Å². The SMILES string of the molecule is C[C@H](c1ccccc1)N(C)CC(=O)N1CCN(c2ccccc2)CC1. The fourth-order valence-corrected chi connectivity index (χ4v) is 3.29. The van der Waals surface area contributed by atoms with Gasteiger partial charge in [0.25, 0.3) is 0 Å². The molecule has 1 saturated heterocycles. The molecule has 0 unspecified atom stereocenters. The molecule has 4 nitrogen and oxygen atoms in total. The molecule has 4 heteroatoms. The van der Waals surface area contributed by atoms with Gasteiger partial charge in [-0.1, -0.05) is 48.5 Å². The summed E-state index contributed by atoms with van der Waals surface area (Å²) in [5, 5.41) is 0. The van der Waals surface area contributed by atoms with Gasteiger partial charge >= 0.3 is 0 Å². The first kappa shape index (κ1) is 17.5. The molecule has 3 rings (SSSR count). The number of piperazine rings is 1. The van der Waals surface area contributed by atoms with Crippen molar-refractivity contribution in [2.45, 2.75) is 13.0 Å². The molecule has 0 radical (unpaired) electrons. The van der Waals surface area contributed by atoms with E-state index in [0.29, 0.717) is 6.54 Å².